The van der Waals surface area contributed by atoms with E-state index in [9.17, 15) is 8.42 Å². The summed E-state index contributed by atoms with van der Waals surface area (Å²) in [6.07, 6.45) is 0. The molecule has 0 aliphatic heterocycles. The first-order valence-corrected chi connectivity index (χ1v) is 7.65. The molecule has 5 heteroatoms. The molecule has 2 aromatic rings. The predicted octanol–water partition coefficient (Wildman–Crippen LogP) is 3.11. The minimum absolute atomic E-state index is 0.226. The molecule has 0 aliphatic rings. The molecule has 0 fully saturated rings. The van der Waals surface area contributed by atoms with Crippen LogP contribution in [0.5, 0.6) is 5.75 Å². The Kier molecular flexibility index (Phi) is 3.99. The van der Waals surface area contributed by atoms with Crippen molar-refractivity contribution in [1.82, 2.24) is 0 Å². The Hall–Kier alpha value is -2.01. The summed E-state index contributed by atoms with van der Waals surface area (Å²) >= 11 is 0. The molecule has 0 unspecified atom stereocenters. The molecule has 20 heavy (non-hydrogen) atoms. The van der Waals surface area contributed by atoms with E-state index >= 15 is 0 Å². The average molecular weight is 291 g/mol. The zero-order chi connectivity index (χ0) is 14.8. The molecule has 0 saturated heterocycles. The van der Waals surface area contributed by atoms with Crippen LogP contribution in [-0.2, 0) is 10.0 Å². The Morgan fingerprint density at radius 2 is 1.65 bits per heavy atom. The van der Waals surface area contributed by atoms with Gasteiger partial charge in [-0.15, -0.1) is 0 Å². The van der Waals surface area contributed by atoms with Gasteiger partial charge in [-0.1, -0.05) is 24.3 Å². The van der Waals surface area contributed by atoms with E-state index < -0.39 is 10.0 Å². The summed E-state index contributed by atoms with van der Waals surface area (Å²) in [5, 5.41) is 0. The number of benzene rings is 2. The molecule has 0 bridgehead atoms. The molecule has 0 saturated carbocycles. The lowest BCUT2D eigenvalue weighted by Gasteiger charge is -2.13. The van der Waals surface area contributed by atoms with E-state index in [-0.39, 0.29) is 4.90 Å². The second kappa shape index (κ2) is 5.54. The van der Waals surface area contributed by atoms with Gasteiger partial charge in [-0.05, 0) is 37.1 Å². The van der Waals surface area contributed by atoms with Crippen LogP contribution in [0.15, 0.2) is 47.4 Å². The molecule has 2 rings (SSSR count). The number of sulfonamides is 1. The summed E-state index contributed by atoms with van der Waals surface area (Å²) in [4.78, 5) is 0.226. The lowest BCUT2D eigenvalue weighted by molar-refractivity contribution is 0.410. The Labute approximate surface area is 119 Å². The van der Waals surface area contributed by atoms with E-state index in [1.54, 1.807) is 43.3 Å². The molecular formula is C15H17NO3S. The van der Waals surface area contributed by atoms with Gasteiger partial charge in [-0.25, -0.2) is 8.42 Å². The Morgan fingerprint density at radius 3 is 2.25 bits per heavy atom. The molecule has 1 N–H and O–H groups in total. The van der Waals surface area contributed by atoms with Crippen molar-refractivity contribution in [2.45, 2.75) is 18.7 Å². The van der Waals surface area contributed by atoms with Crippen molar-refractivity contribution in [1.29, 1.82) is 0 Å². The lowest BCUT2D eigenvalue weighted by Crippen LogP contribution is -2.14. The second-order valence-corrected chi connectivity index (χ2v) is 6.21. The smallest absolute Gasteiger partial charge is 0.262 e. The van der Waals surface area contributed by atoms with Crippen molar-refractivity contribution >= 4 is 15.7 Å². The van der Waals surface area contributed by atoms with Crippen molar-refractivity contribution in [2.24, 2.45) is 0 Å². The van der Waals surface area contributed by atoms with E-state index in [4.69, 9.17) is 4.74 Å². The molecule has 0 atom stereocenters. The van der Waals surface area contributed by atoms with Crippen LogP contribution in [0.3, 0.4) is 0 Å². The van der Waals surface area contributed by atoms with Gasteiger partial charge in [0.25, 0.3) is 10.0 Å². The highest BCUT2D eigenvalue weighted by molar-refractivity contribution is 7.92. The fraction of sp³-hybridized carbons (Fsp3) is 0.200. The topological polar surface area (TPSA) is 55.4 Å². The third kappa shape index (κ3) is 2.93. The van der Waals surface area contributed by atoms with Crippen molar-refractivity contribution in [3.8, 4) is 5.75 Å². The molecule has 0 radical (unpaired) electrons. The molecule has 4 nitrogen and oxygen atoms in total. The van der Waals surface area contributed by atoms with Crippen molar-refractivity contribution in [3.63, 3.8) is 0 Å². The number of hydrogen-bond donors (Lipinski definition) is 1. The first-order valence-electron chi connectivity index (χ1n) is 6.17. The minimum Gasteiger partial charge on any atom is -0.496 e. The zero-order valence-electron chi connectivity index (χ0n) is 11.7. The standard InChI is InChI=1S/C15H17NO3S/c1-11-9-12(2)15(10-14(11)19-3)20(17,18)16-13-7-5-4-6-8-13/h4-10,16H,1-3H3. The van der Waals surface area contributed by atoms with Crippen LogP contribution >= 0.6 is 0 Å². The summed E-state index contributed by atoms with van der Waals surface area (Å²) in [7, 11) is -2.10. The van der Waals surface area contributed by atoms with Crippen LogP contribution in [0.4, 0.5) is 5.69 Å². The third-order valence-electron chi connectivity index (χ3n) is 3.01. The minimum atomic E-state index is -3.62. The molecule has 0 aliphatic carbocycles. The highest BCUT2D eigenvalue weighted by Crippen LogP contribution is 2.27. The van der Waals surface area contributed by atoms with Crippen molar-refractivity contribution in [3.05, 3.63) is 53.6 Å². The maximum Gasteiger partial charge on any atom is 0.262 e. The van der Waals surface area contributed by atoms with E-state index in [2.05, 4.69) is 4.72 Å². The Bertz CT molecular complexity index is 709. The zero-order valence-corrected chi connectivity index (χ0v) is 12.5. The van der Waals surface area contributed by atoms with Gasteiger partial charge < -0.3 is 4.74 Å². The van der Waals surface area contributed by atoms with Gasteiger partial charge in [0, 0.05) is 11.8 Å². The van der Waals surface area contributed by atoms with Gasteiger partial charge >= 0.3 is 0 Å². The molecule has 0 heterocycles. The maximum absolute atomic E-state index is 12.4. The van der Waals surface area contributed by atoms with Crippen LogP contribution in [0.1, 0.15) is 11.1 Å². The molecule has 0 spiro atoms. The number of hydrogen-bond acceptors (Lipinski definition) is 3. The summed E-state index contributed by atoms with van der Waals surface area (Å²) in [5.41, 5.74) is 2.13. The van der Waals surface area contributed by atoms with Crippen LogP contribution in [-0.4, -0.2) is 15.5 Å². The van der Waals surface area contributed by atoms with Gasteiger partial charge in [0.05, 0.1) is 12.0 Å². The number of para-hydroxylation sites is 1. The Balaban J connectivity index is 2.44. The van der Waals surface area contributed by atoms with Crippen LogP contribution in [0, 0.1) is 13.8 Å². The van der Waals surface area contributed by atoms with Gasteiger partial charge in [-0.2, -0.15) is 0 Å². The monoisotopic (exact) mass is 291 g/mol. The van der Waals surface area contributed by atoms with Crippen molar-refractivity contribution in [2.75, 3.05) is 11.8 Å². The van der Waals surface area contributed by atoms with Crippen LogP contribution in [0.2, 0.25) is 0 Å². The predicted molar refractivity (Wildman–Crippen MR) is 79.7 cm³/mol. The largest absolute Gasteiger partial charge is 0.496 e. The maximum atomic E-state index is 12.4. The van der Waals surface area contributed by atoms with Gasteiger partial charge in [0.1, 0.15) is 5.75 Å². The van der Waals surface area contributed by atoms with E-state index in [1.807, 2.05) is 13.0 Å². The van der Waals surface area contributed by atoms with Crippen LogP contribution in [0.25, 0.3) is 0 Å². The first kappa shape index (κ1) is 14.4. The SMILES string of the molecule is COc1cc(S(=O)(=O)Nc2ccccc2)c(C)cc1C. The second-order valence-electron chi connectivity index (χ2n) is 4.56. The molecular weight excluding hydrogens is 274 g/mol. The van der Waals surface area contributed by atoms with Gasteiger partial charge in [0.15, 0.2) is 0 Å². The number of anilines is 1. The van der Waals surface area contributed by atoms with Crippen molar-refractivity contribution < 1.29 is 13.2 Å². The highest BCUT2D eigenvalue weighted by atomic mass is 32.2. The highest BCUT2D eigenvalue weighted by Gasteiger charge is 2.19. The molecule has 2 aromatic carbocycles. The van der Waals surface area contributed by atoms with Gasteiger partial charge in [0.2, 0.25) is 0 Å². The fourth-order valence-corrected chi connectivity index (χ4v) is 3.34. The molecule has 0 amide bonds. The molecule has 106 valence electrons. The summed E-state index contributed by atoms with van der Waals surface area (Å²) < 4.78 is 32.6. The lowest BCUT2D eigenvalue weighted by atomic mass is 10.1. The number of nitrogens with one attached hydrogen (secondary N) is 1. The van der Waals surface area contributed by atoms with Gasteiger partial charge in [-0.3, -0.25) is 4.72 Å². The van der Waals surface area contributed by atoms with E-state index in [1.165, 1.54) is 7.11 Å². The number of rotatable bonds is 4. The third-order valence-corrected chi connectivity index (χ3v) is 4.53. The van der Waals surface area contributed by atoms with E-state index in [0.29, 0.717) is 17.0 Å². The average Bonchev–Trinajstić information content (AvgIpc) is 2.39. The summed E-state index contributed by atoms with van der Waals surface area (Å²) in [6.45, 7) is 3.65. The van der Waals surface area contributed by atoms with E-state index in [0.717, 1.165) is 5.56 Å². The first-order chi connectivity index (χ1) is 9.44. The molecule has 0 aromatic heterocycles. The summed E-state index contributed by atoms with van der Waals surface area (Å²) in [5.74, 6) is 0.559. The number of ether oxygens (including phenoxy) is 1. The van der Waals surface area contributed by atoms with Crippen LogP contribution < -0.4 is 9.46 Å². The Morgan fingerprint density at radius 1 is 1.00 bits per heavy atom. The quantitative estimate of drug-likeness (QED) is 0.941. The fourth-order valence-electron chi connectivity index (χ4n) is 2.04. The summed E-state index contributed by atoms with van der Waals surface area (Å²) in [6, 6.07) is 12.2. The number of methoxy groups -OCH3 is 1. The number of aryl methyl sites for hydroxylation is 2. The normalized spacial score (nSPS) is 11.2.